The van der Waals surface area contributed by atoms with Crippen molar-refractivity contribution in [2.75, 3.05) is 62.5 Å². The number of nitrogens with zero attached hydrogens (tertiary/aromatic N) is 4. The summed E-state index contributed by atoms with van der Waals surface area (Å²) in [6.45, 7) is 10.5. The average molecular weight is 642 g/mol. The van der Waals surface area contributed by atoms with Gasteiger partial charge in [0, 0.05) is 49.5 Å². The van der Waals surface area contributed by atoms with E-state index in [-0.39, 0.29) is 33.0 Å². The minimum atomic E-state index is -0.394. The highest BCUT2D eigenvalue weighted by molar-refractivity contribution is 7.20. The molecule has 0 saturated carbocycles. The number of anilines is 4. The number of piperazine rings is 1. The third kappa shape index (κ3) is 6.40. The molecule has 43 heavy (non-hydrogen) atoms. The number of likely N-dealkylation sites (N-methyl/N-ethyl adjacent to an activating group) is 1. The molecule has 0 spiro atoms. The summed E-state index contributed by atoms with van der Waals surface area (Å²) in [6.07, 6.45) is 2.84. The van der Waals surface area contributed by atoms with Gasteiger partial charge in [0.05, 0.1) is 46.1 Å². The highest BCUT2D eigenvalue weighted by atomic mass is 35.5. The van der Waals surface area contributed by atoms with Crippen molar-refractivity contribution < 1.29 is 19.1 Å². The SMILES string of the molecule is C=CC(=O)Nc1cc(N2CCN(CC)CC2)ccc1Nc1ncc2cc(C(=O)c3c(Cl)c(OC)cc(OC)c3Cl)sc2n1. The number of benzene rings is 2. The van der Waals surface area contributed by atoms with Crippen LogP contribution in [-0.2, 0) is 4.79 Å². The fourth-order valence-electron chi connectivity index (χ4n) is 4.78. The van der Waals surface area contributed by atoms with Crippen molar-refractivity contribution in [3.8, 4) is 11.5 Å². The van der Waals surface area contributed by atoms with Crippen LogP contribution in [-0.4, -0.2) is 73.5 Å². The molecule has 10 nitrogen and oxygen atoms in total. The van der Waals surface area contributed by atoms with Gasteiger partial charge in [-0.25, -0.2) is 9.97 Å². The van der Waals surface area contributed by atoms with E-state index >= 15 is 0 Å². The average Bonchev–Trinajstić information content (AvgIpc) is 3.45. The normalized spacial score (nSPS) is 13.6. The van der Waals surface area contributed by atoms with Crippen LogP contribution in [0.5, 0.6) is 11.5 Å². The Balaban J connectivity index is 1.43. The van der Waals surface area contributed by atoms with E-state index in [0.29, 0.717) is 32.4 Å². The number of fused-ring (bicyclic) bond motifs is 1. The molecule has 3 heterocycles. The van der Waals surface area contributed by atoms with Crippen LogP contribution in [0.1, 0.15) is 22.2 Å². The second-order valence-electron chi connectivity index (χ2n) is 9.65. The number of amides is 1. The summed E-state index contributed by atoms with van der Waals surface area (Å²) >= 11 is 14.1. The number of methoxy groups -OCH3 is 2. The van der Waals surface area contributed by atoms with E-state index in [4.69, 9.17) is 32.7 Å². The third-order valence-corrected chi connectivity index (χ3v) is 8.97. The van der Waals surface area contributed by atoms with Crippen LogP contribution in [0.2, 0.25) is 10.0 Å². The first-order valence-electron chi connectivity index (χ1n) is 13.5. The summed E-state index contributed by atoms with van der Waals surface area (Å²) in [4.78, 5) is 40.5. The standard InChI is InChI=1S/C30H30Cl2N6O4S/c1-5-24(39)34-20-14-18(38-11-9-37(6-2)10-12-38)7-8-19(20)35-30-33-16-17-13-23(43-29(17)36-30)28(40)25-26(31)21(41-3)15-22(42-4)27(25)32/h5,7-8,13-16H,1,6,9-12H2,2-4H3,(H,34,39)(H,33,35,36). The topological polar surface area (TPSA) is 109 Å². The molecular formula is C30H30Cl2N6O4S. The molecule has 13 heteroatoms. The van der Waals surface area contributed by atoms with Gasteiger partial charge in [0.25, 0.3) is 0 Å². The van der Waals surface area contributed by atoms with Crippen LogP contribution in [0, 0.1) is 0 Å². The lowest BCUT2D eigenvalue weighted by atomic mass is 10.1. The molecule has 0 atom stereocenters. The molecule has 1 fully saturated rings. The van der Waals surface area contributed by atoms with Gasteiger partial charge in [-0.3, -0.25) is 9.59 Å². The molecule has 2 N–H and O–H groups in total. The first kappa shape index (κ1) is 30.6. The molecule has 0 radical (unpaired) electrons. The van der Waals surface area contributed by atoms with Crippen LogP contribution >= 0.6 is 34.5 Å². The van der Waals surface area contributed by atoms with Gasteiger partial charge < -0.3 is 29.9 Å². The Morgan fingerprint density at radius 1 is 1.05 bits per heavy atom. The van der Waals surface area contributed by atoms with Crippen molar-refractivity contribution in [3.63, 3.8) is 0 Å². The van der Waals surface area contributed by atoms with Crippen LogP contribution in [0.25, 0.3) is 10.2 Å². The maximum absolute atomic E-state index is 13.6. The van der Waals surface area contributed by atoms with E-state index in [0.717, 1.165) is 38.4 Å². The number of carbonyl (C=O) groups excluding carboxylic acids is 2. The van der Waals surface area contributed by atoms with E-state index < -0.39 is 5.78 Å². The number of nitrogens with one attached hydrogen (secondary N) is 2. The molecular weight excluding hydrogens is 611 g/mol. The van der Waals surface area contributed by atoms with Gasteiger partial charge >= 0.3 is 0 Å². The van der Waals surface area contributed by atoms with Crippen molar-refractivity contribution in [2.45, 2.75) is 6.92 Å². The monoisotopic (exact) mass is 640 g/mol. The molecule has 1 aliphatic heterocycles. The number of ether oxygens (including phenoxy) is 2. The molecule has 5 rings (SSSR count). The number of hydrogen-bond donors (Lipinski definition) is 2. The summed E-state index contributed by atoms with van der Waals surface area (Å²) < 4.78 is 10.6. The number of halogens is 2. The van der Waals surface area contributed by atoms with Crippen molar-refractivity contribution >= 4 is 79.5 Å². The van der Waals surface area contributed by atoms with Gasteiger partial charge in [-0.2, -0.15) is 0 Å². The predicted octanol–water partition coefficient (Wildman–Crippen LogP) is 6.26. The highest BCUT2D eigenvalue weighted by Gasteiger charge is 2.25. The Morgan fingerprint density at radius 3 is 2.37 bits per heavy atom. The van der Waals surface area contributed by atoms with E-state index in [1.807, 2.05) is 18.2 Å². The minimum Gasteiger partial charge on any atom is -0.495 e. The van der Waals surface area contributed by atoms with Gasteiger partial charge in [-0.15, -0.1) is 11.3 Å². The van der Waals surface area contributed by atoms with Gasteiger partial charge in [-0.1, -0.05) is 36.7 Å². The summed E-state index contributed by atoms with van der Waals surface area (Å²) in [5.74, 6) is 0.111. The Kier molecular flexibility index (Phi) is 9.36. The number of rotatable bonds is 10. The van der Waals surface area contributed by atoms with Gasteiger partial charge in [0.15, 0.2) is 0 Å². The molecule has 0 unspecified atom stereocenters. The zero-order chi connectivity index (χ0) is 30.7. The molecule has 2 aromatic carbocycles. The summed E-state index contributed by atoms with van der Waals surface area (Å²) in [7, 11) is 2.89. The molecule has 0 bridgehead atoms. The summed E-state index contributed by atoms with van der Waals surface area (Å²) in [5.41, 5.74) is 2.27. The van der Waals surface area contributed by atoms with Crippen LogP contribution in [0.3, 0.4) is 0 Å². The van der Waals surface area contributed by atoms with Gasteiger partial charge in [-0.05, 0) is 36.9 Å². The van der Waals surface area contributed by atoms with Crippen LogP contribution < -0.4 is 25.0 Å². The van der Waals surface area contributed by atoms with E-state index in [1.165, 1.54) is 37.7 Å². The van der Waals surface area contributed by atoms with E-state index in [1.54, 1.807) is 12.3 Å². The fourth-order valence-corrected chi connectivity index (χ4v) is 6.40. The molecule has 224 valence electrons. The molecule has 1 amide bonds. The quantitative estimate of drug-likeness (QED) is 0.153. The van der Waals surface area contributed by atoms with E-state index in [2.05, 4.69) is 43.9 Å². The fraction of sp³-hybridized carbons (Fsp3) is 0.267. The van der Waals surface area contributed by atoms with Crippen molar-refractivity contribution in [2.24, 2.45) is 0 Å². The van der Waals surface area contributed by atoms with Gasteiger partial charge in [0.2, 0.25) is 17.6 Å². The lowest BCUT2D eigenvalue weighted by Crippen LogP contribution is -2.46. The van der Waals surface area contributed by atoms with Crippen molar-refractivity contribution in [1.29, 1.82) is 0 Å². The number of hydrogen-bond acceptors (Lipinski definition) is 10. The first-order chi connectivity index (χ1) is 20.8. The van der Waals surface area contributed by atoms with Crippen LogP contribution in [0.15, 0.2) is 49.2 Å². The Hall–Kier alpha value is -3.90. The highest BCUT2D eigenvalue weighted by Crippen LogP contribution is 2.42. The Labute approximate surface area is 263 Å². The number of ketones is 1. The third-order valence-electron chi connectivity index (χ3n) is 7.18. The smallest absolute Gasteiger partial charge is 0.247 e. The molecule has 0 aliphatic carbocycles. The molecule has 2 aromatic heterocycles. The molecule has 1 aliphatic rings. The Bertz CT molecular complexity index is 1680. The number of carbonyl (C=O) groups is 2. The van der Waals surface area contributed by atoms with E-state index in [9.17, 15) is 9.59 Å². The molecule has 4 aromatic rings. The van der Waals surface area contributed by atoms with Crippen molar-refractivity contribution in [3.05, 3.63) is 69.7 Å². The molecule has 1 saturated heterocycles. The largest absolute Gasteiger partial charge is 0.495 e. The lowest BCUT2D eigenvalue weighted by Gasteiger charge is -2.35. The predicted molar refractivity (Wildman–Crippen MR) is 173 cm³/mol. The Morgan fingerprint density at radius 2 is 1.74 bits per heavy atom. The number of thiophene rings is 1. The van der Waals surface area contributed by atoms with Crippen LogP contribution in [0.4, 0.5) is 23.0 Å². The first-order valence-corrected chi connectivity index (χ1v) is 15.1. The maximum Gasteiger partial charge on any atom is 0.247 e. The zero-order valence-corrected chi connectivity index (χ0v) is 26.2. The second kappa shape index (κ2) is 13.2. The van der Waals surface area contributed by atoms with Crippen molar-refractivity contribution in [1.82, 2.24) is 14.9 Å². The minimum absolute atomic E-state index is 0.0798. The van der Waals surface area contributed by atoms with Gasteiger partial charge in [0.1, 0.15) is 16.3 Å². The zero-order valence-electron chi connectivity index (χ0n) is 23.9. The summed E-state index contributed by atoms with van der Waals surface area (Å²) in [5, 5.41) is 6.94. The maximum atomic E-state index is 13.6. The summed E-state index contributed by atoms with van der Waals surface area (Å²) in [6, 6.07) is 9.04. The lowest BCUT2D eigenvalue weighted by molar-refractivity contribution is -0.111. The number of aromatic nitrogens is 2. The second-order valence-corrected chi connectivity index (χ2v) is 11.4.